The molecule has 1 aliphatic carbocycles. The van der Waals surface area contributed by atoms with Crippen LogP contribution in [0.3, 0.4) is 0 Å². The number of para-hydroxylation sites is 1. The van der Waals surface area contributed by atoms with E-state index in [1.54, 1.807) is 6.20 Å². The van der Waals surface area contributed by atoms with Gasteiger partial charge in [0, 0.05) is 17.8 Å². The molecular weight excluding hydrogens is 238 g/mol. The van der Waals surface area contributed by atoms with Gasteiger partial charge in [0.2, 0.25) is 0 Å². The first-order valence-electron chi connectivity index (χ1n) is 6.81. The number of fused-ring (bicyclic) bond motifs is 1. The summed E-state index contributed by atoms with van der Waals surface area (Å²) in [5.41, 5.74) is 8.55. The van der Waals surface area contributed by atoms with Gasteiger partial charge < -0.3 is 16.2 Å². The summed E-state index contributed by atoms with van der Waals surface area (Å²) in [6, 6.07) is 7.95. The maximum Gasteiger partial charge on any atom is 0.0743 e. The topological polar surface area (TPSA) is 71.2 Å². The first-order valence-corrected chi connectivity index (χ1v) is 6.81. The highest BCUT2D eigenvalue weighted by molar-refractivity contribution is 5.96. The summed E-state index contributed by atoms with van der Waals surface area (Å²) in [6.07, 6.45) is 4.62. The van der Waals surface area contributed by atoms with Crippen LogP contribution in [0.4, 0.5) is 11.4 Å². The maximum absolute atomic E-state index is 9.87. The van der Waals surface area contributed by atoms with Gasteiger partial charge in [-0.3, -0.25) is 4.98 Å². The van der Waals surface area contributed by atoms with E-state index in [1.807, 2.05) is 24.3 Å². The van der Waals surface area contributed by atoms with E-state index in [-0.39, 0.29) is 6.10 Å². The molecule has 0 bridgehead atoms. The monoisotopic (exact) mass is 257 g/mol. The number of nitrogens with one attached hydrogen (secondary N) is 1. The van der Waals surface area contributed by atoms with Gasteiger partial charge in [-0.05, 0) is 18.9 Å². The Morgan fingerprint density at radius 1 is 1.32 bits per heavy atom. The van der Waals surface area contributed by atoms with Crippen molar-refractivity contribution in [1.29, 1.82) is 0 Å². The van der Waals surface area contributed by atoms with Crippen molar-refractivity contribution in [2.45, 2.75) is 25.4 Å². The number of aliphatic hydroxyl groups is 1. The van der Waals surface area contributed by atoms with Crippen molar-refractivity contribution in [2.75, 3.05) is 17.6 Å². The molecule has 2 aromatic rings. The summed E-state index contributed by atoms with van der Waals surface area (Å²) in [7, 11) is 0. The molecule has 4 N–H and O–H groups in total. The molecule has 1 saturated carbocycles. The fourth-order valence-corrected chi connectivity index (χ4v) is 2.84. The second-order valence-electron chi connectivity index (χ2n) is 5.24. The second kappa shape index (κ2) is 5.05. The molecule has 1 aliphatic rings. The first-order chi connectivity index (χ1) is 9.25. The number of aromatic nitrogens is 1. The van der Waals surface area contributed by atoms with Crippen LogP contribution in [0.25, 0.3) is 10.9 Å². The Kier molecular flexibility index (Phi) is 3.25. The lowest BCUT2D eigenvalue weighted by atomic mass is 10.1. The second-order valence-corrected chi connectivity index (χ2v) is 5.24. The van der Waals surface area contributed by atoms with Gasteiger partial charge in [0.25, 0.3) is 0 Å². The van der Waals surface area contributed by atoms with Gasteiger partial charge in [-0.1, -0.05) is 24.6 Å². The van der Waals surface area contributed by atoms with E-state index in [0.717, 1.165) is 42.4 Å². The normalized spacial score (nSPS) is 22.8. The number of rotatable bonds is 3. The Hall–Kier alpha value is -1.81. The van der Waals surface area contributed by atoms with Gasteiger partial charge in [-0.25, -0.2) is 0 Å². The van der Waals surface area contributed by atoms with Crippen molar-refractivity contribution in [3.05, 3.63) is 30.5 Å². The third-order valence-corrected chi connectivity index (χ3v) is 3.96. The lowest BCUT2D eigenvalue weighted by molar-refractivity contribution is 0.138. The molecule has 0 saturated heterocycles. The summed E-state index contributed by atoms with van der Waals surface area (Å²) >= 11 is 0. The van der Waals surface area contributed by atoms with Crippen molar-refractivity contribution >= 4 is 22.3 Å². The molecule has 4 heteroatoms. The van der Waals surface area contributed by atoms with Crippen molar-refractivity contribution in [1.82, 2.24) is 4.98 Å². The molecule has 1 heterocycles. The Labute approximate surface area is 112 Å². The molecule has 2 atom stereocenters. The predicted molar refractivity (Wildman–Crippen MR) is 78.0 cm³/mol. The molecular formula is C15H19N3O. The number of hydrogen-bond acceptors (Lipinski definition) is 4. The number of aliphatic hydroxyl groups excluding tert-OH is 1. The van der Waals surface area contributed by atoms with Crippen molar-refractivity contribution in [3.63, 3.8) is 0 Å². The largest absolute Gasteiger partial charge is 0.396 e. The van der Waals surface area contributed by atoms with E-state index in [0.29, 0.717) is 11.6 Å². The van der Waals surface area contributed by atoms with Gasteiger partial charge >= 0.3 is 0 Å². The van der Waals surface area contributed by atoms with Crippen LogP contribution in [0.1, 0.15) is 19.3 Å². The molecule has 0 aliphatic heterocycles. The fourth-order valence-electron chi connectivity index (χ4n) is 2.84. The van der Waals surface area contributed by atoms with Crippen LogP contribution >= 0.6 is 0 Å². The van der Waals surface area contributed by atoms with Gasteiger partial charge in [-0.15, -0.1) is 0 Å². The van der Waals surface area contributed by atoms with Gasteiger partial charge in [-0.2, -0.15) is 0 Å². The summed E-state index contributed by atoms with van der Waals surface area (Å²) in [5.74, 6) is 0.325. The Bertz CT molecular complexity index is 585. The van der Waals surface area contributed by atoms with Crippen LogP contribution in [-0.4, -0.2) is 22.7 Å². The molecule has 0 spiro atoms. The number of hydrogen-bond donors (Lipinski definition) is 3. The van der Waals surface area contributed by atoms with Gasteiger partial charge in [0.05, 0.1) is 29.2 Å². The predicted octanol–water partition coefficient (Wildman–Crippen LogP) is 2.39. The number of pyridine rings is 1. The minimum Gasteiger partial charge on any atom is -0.396 e. The summed E-state index contributed by atoms with van der Waals surface area (Å²) < 4.78 is 0. The minimum absolute atomic E-state index is 0.179. The molecule has 1 aromatic carbocycles. The van der Waals surface area contributed by atoms with Crippen LogP contribution in [-0.2, 0) is 0 Å². The zero-order chi connectivity index (χ0) is 13.2. The van der Waals surface area contributed by atoms with E-state index in [9.17, 15) is 5.11 Å². The number of nitrogen functional groups attached to an aromatic ring is 1. The van der Waals surface area contributed by atoms with Crippen molar-refractivity contribution < 1.29 is 5.11 Å². The number of nitrogens with zero attached hydrogens (tertiary/aromatic N) is 1. The van der Waals surface area contributed by atoms with Gasteiger partial charge in [0.1, 0.15) is 0 Å². The van der Waals surface area contributed by atoms with E-state index in [4.69, 9.17) is 5.73 Å². The average molecular weight is 257 g/mol. The number of nitrogens with two attached hydrogens (primary N) is 1. The summed E-state index contributed by atoms with van der Waals surface area (Å²) in [4.78, 5) is 4.32. The fraction of sp³-hybridized carbons (Fsp3) is 0.400. The number of anilines is 2. The summed E-state index contributed by atoms with van der Waals surface area (Å²) in [6.45, 7) is 0.763. The molecule has 4 nitrogen and oxygen atoms in total. The van der Waals surface area contributed by atoms with Crippen LogP contribution in [0.2, 0.25) is 0 Å². The first kappa shape index (κ1) is 12.2. The summed E-state index contributed by atoms with van der Waals surface area (Å²) in [5, 5.41) is 14.3. The third-order valence-electron chi connectivity index (χ3n) is 3.96. The zero-order valence-electron chi connectivity index (χ0n) is 10.8. The molecule has 3 rings (SSSR count). The maximum atomic E-state index is 9.87. The Morgan fingerprint density at radius 2 is 2.16 bits per heavy atom. The molecule has 0 amide bonds. The van der Waals surface area contributed by atoms with Crippen molar-refractivity contribution in [3.8, 4) is 0 Å². The van der Waals surface area contributed by atoms with Crippen LogP contribution in [0, 0.1) is 5.92 Å². The van der Waals surface area contributed by atoms with E-state index in [2.05, 4.69) is 10.3 Å². The van der Waals surface area contributed by atoms with Crippen molar-refractivity contribution in [2.24, 2.45) is 5.92 Å². The molecule has 1 aromatic heterocycles. The quantitative estimate of drug-likeness (QED) is 0.789. The van der Waals surface area contributed by atoms with E-state index in [1.165, 1.54) is 0 Å². The SMILES string of the molecule is Nc1cnc2ccccc2c1NCC1CCCC1O. The van der Waals surface area contributed by atoms with Crippen LogP contribution in [0.5, 0.6) is 0 Å². The molecule has 0 radical (unpaired) electrons. The minimum atomic E-state index is -0.179. The standard InChI is InChI=1S/C15H19N3O/c16-12-9-17-13-6-2-1-5-11(13)15(12)18-8-10-4-3-7-14(10)19/h1-2,5-6,9-10,14,19H,3-4,7-8,16H2,(H,17,18). The number of benzene rings is 1. The third kappa shape index (κ3) is 2.36. The van der Waals surface area contributed by atoms with Crippen LogP contribution < -0.4 is 11.1 Å². The molecule has 2 unspecified atom stereocenters. The van der Waals surface area contributed by atoms with E-state index < -0.39 is 0 Å². The van der Waals surface area contributed by atoms with E-state index >= 15 is 0 Å². The molecule has 19 heavy (non-hydrogen) atoms. The highest BCUT2D eigenvalue weighted by Gasteiger charge is 2.25. The lowest BCUT2D eigenvalue weighted by Crippen LogP contribution is -2.22. The van der Waals surface area contributed by atoms with Crippen LogP contribution in [0.15, 0.2) is 30.5 Å². The Morgan fingerprint density at radius 3 is 2.95 bits per heavy atom. The highest BCUT2D eigenvalue weighted by Crippen LogP contribution is 2.30. The zero-order valence-corrected chi connectivity index (χ0v) is 10.8. The lowest BCUT2D eigenvalue weighted by Gasteiger charge is -2.18. The molecule has 1 fully saturated rings. The average Bonchev–Trinajstić information content (AvgIpc) is 2.83. The highest BCUT2D eigenvalue weighted by atomic mass is 16.3. The smallest absolute Gasteiger partial charge is 0.0743 e. The van der Waals surface area contributed by atoms with Gasteiger partial charge in [0.15, 0.2) is 0 Å². The molecule has 100 valence electrons. The Balaban J connectivity index is 1.85.